The fourth-order valence-electron chi connectivity index (χ4n) is 3.01. The van der Waals surface area contributed by atoms with E-state index in [1.54, 1.807) is 24.3 Å². The molecule has 2 heterocycles. The maximum absolute atomic E-state index is 12.9. The molecule has 4 aromatic rings. The highest BCUT2D eigenvalue weighted by Crippen LogP contribution is 2.34. The number of esters is 1. The van der Waals surface area contributed by atoms with Crippen molar-refractivity contribution < 1.29 is 28.3 Å². The van der Waals surface area contributed by atoms with E-state index in [4.69, 9.17) is 30.3 Å². The van der Waals surface area contributed by atoms with E-state index in [9.17, 15) is 9.59 Å². The standard InChI is InChI=1S/C23H18ClN3O6S/c1-30-17-10-14(23(29)32-12-20-26-22(33-27-20)19-8-5-9-34-19)16(11-18(17)31-2)25-21(28)13-6-3-4-7-15(13)24/h3-11H,12H2,1-2H3,(H,25,28). The summed E-state index contributed by atoms with van der Waals surface area (Å²) in [5, 5.41) is 8.67. The Bertz CT molecular complexity index is 1320. The first kappa shape index (κ1) is 23.3. The van der Waals surface area contributed by atoms with Gasteiger partial charge in [0.15, 0.2) is 18.1 Å². The molecule has 0 aliphatic rings. The molecule has 34 heavy (non-hydrogen) atoms. The summed E-state index contributed by atoms with van der Waals surface area (Å²) in [5.41, 5.74) is 0.436. The topological polar surface area (TPSA) is 113 Å². The zero-order valence-corrected chi connectivity index (χ0v) is 19.6. The van der Waals surface area contributed by atoms with Gasteiger partial charge >= 0.3 is 5.97 Å². The largest absolute Gasteiger partial charge is 0.493 e. The van der Waals surface area contributed by atoms with Gasteiger partial charge in [-0.3, -0.25) is 4.79 Å². The zero-order chi connectivity index (χ0) is 24.1. The molecule has 0 bridgehead atoms. The molecule has 1 N–H and O–H groups in total. The minimum absolute atomic E-state index is 0.0417. The molecular formula is C23H18ClN3O6S. The summed E-state index contributed by atoms with van der Waals surface area (Å²) in [6.45, 7) is -0.236. The van der Waals surface area contributed by atoms with Crippen molar-refractivity contribution in [1.82, 2.24) is 10.1 Å². The Hall–Kier alpha value is -3.89. The molecule has 0 saturated heterocycles. The highest BCUT2D eigenvalue weighted by Gasteiger charge is 2.22. The number of ether oxygens (including phenoxy) is 3. The molecule has 0 atom stereocenters. The Labute approximate surface area is 203 Å². The first-order chi connectivity index (χ1) is 16.5. The van der Waals surface area contributed by atoms with Gasteiger partial charge in [0.1, 0.15) is 0 Å². The lowest BCUT2D eigenvalue weighted by molar-refractivity contribution is 0.0460. The van der Waals surface area contributed by atoms with Crippen LogP contribution in [0.3, 0.4) is 0 Å². The molecular weight excluding hydrogens is 482 g/mol. The van der Waals surface area contributed by atoms with Crippen LogP contribution >= 0.6 is 22.9 Å². The van der Waals surface area contributed by atoms with Crippen molar-refractivity contribution in [3.8, 4) is 22.3 Å². The summed E-state index contributed by atoms with van der Waals surface area (Å²) in [6, 6.07) is 13.1. The van der Waals surface area contributed by atoms with Crippen molar-refractivity contribution in [1.29, 1.82) is 0 Å². The maximum atomic E-state index is 12.9. The second-order valence-electron chi connectivity index (χ2n) is 6.76. The second-order valence-corrected chi connectivity index (χ2v) is 8.11. The van der Waals surface area contributed by atoms with Gasteiger partial charge in [-0.15, -0.1) is 11.3 Å². The van der Waals surface area contributed by atoms with Crippen LogP contribution in [0.25, 0.3) is 10.8 Å². The molecule has 11 heteroatoms. The predicted octanol–water partition coefficient (Wildman–Crippen LogP) is 5.08. The molecule has 0 spiro atoms. The molecule has 1 amide bonds. The summed E-state index contributed by atoms with van der Waals surface area (Å²) in [5.74, 6) is -0.126. The molecule has 0 unspecified atom stereocenters. The molecule has 2 aromatic carbocycles. The summed E-state index contributed by atoms with van der Waals surface area (Å²) >= 11 is 7.58. The van der Waals surface area contributed by atoms with E-state index < -0.39 is 11.9 Å². The Morgan fingerprint density at radius 2 is 1.82 bits per heavy atom. The number of thiophene rings is 1. The molecule has 0 aliphatic heterocycles. The normalized spacial score (nSPS) is 10.6. The van der Waals surface area contributed by atoms with Crippen LogP contribution < -0.4 is 14.8 Å². The summed E-state index contributed by atoms with van der Waals surface area (Å²) in [7, 11) is 2.87. The van der Waals surface area contributed by atoms with Gasteiger partial charge < -0.3 is 24.1 Å². The number of hydrogen-bond acceptors (Lipinski definition) is 9. The molecule has 0 saturated carbocycles. The fraction of sp³-hybridized carbons (Fsp3) is 0.130. The van der Waals surface area contributed by atoms with Gasteiger partial charge in [0.05, 0.1) is 40.9 Å². The number of benzene rings is 2. The molecule has 9 nitrogen and oxygen atoms in total. The molecule has 0 aliphatic carbocycles. The van der Waals surface area contributed by atoms with Crippen LogP contribution in [0, 0.1) is 0 Å². The van der Waals surface area contributed by atoms with E-state index in [0.29, 0.717) is 11.6 Å². The summed E-state index contributed by atoms with van der Waals surface area (Å²) in [4.78, 5) is 30.8. The van der Waals surface area contributed by atoms with E-state index in [1.807, 2.05) is 17.5 Å². The number of carbonyl (C=O) groups excluding carboxylic acids is 2. The van der Waals surface area contributed by atoms with E-state index in [0.717, 1.165) is 4.88 Å². The zero-order valence-electron chi connectivity index (χ0n) is 18.0. The van der Waals surface area contributed by atoms with Crippen molar-refractivity contribution in [2.45, 2.75) is 6.61 Å². The molecule has 2 aromatic heterocycles. The Balaban J connectivity index is 1.57. The van der Waals surface area contributed by atoms with Crippen LogP contribution in [0.15, 0.2) is 58.4 Å². The number of nitrogens with zero attached hydrogens (tertiary/aromatic N) is 2. The quantitative estimate of drug-likeness (QED) is 0.334. The predicted molar refractivity (Wildman–Crippen MR) is 126 cm³/mol. The Morgan fingerprint density at radius 1 is 1.06 bits per heavy atom. The van der Waals surface area contributed by atoms with E-state index in [-0.39, 0.29) is 40.0 Å². The van der Waals surface area contributed by atoms with Crippen molar-refractivity contribution in [2.24, 2.45) is 0 Å². The third kappa shape index (κ3) is 5.03. The minimum Gasteiger partial charge on any atom is -0.493 e. The Morgan fingerprint density at radius 3 is 2.53 bits per heavy atom. The number of nitrogens with one attached hydrogen (secondary N) is 1. The van der Waals surface area contributed by atoms with Crippen LogP contribution in [-0.2, 0) is 11.3 Å². The number of methoxy groups -OCH3 is 2. The van der Waals surface area contributed by atoms with Gasteiger partial charge in [0.25, 0.3) is 11.8 Å². The maximum Gasteiger partial charge on any atom is 0.340 e. The van der Waals surface area contributed by atoms with E-state index >= 15 is 0 Å². The van der Waals surface area contributed by atoms with Crippen molar-refractivity contribution in [2.75, 3.05) is 19.5 Å². The van der Waals surface area contributed by atoms with Crippen molar-refractivity contribution in [3.63, 3.8) is 0 Å². The van der Waals surface area contributed by atoms with Gasteiger partial charge in [-0.25, -0.2) is 4.79 Å². The molecule has 4 rings (SSSR count). The first-order valence-electron chi connectivity index (χ1n) is 9.85. The lowest BCUT2D eigenvalue weighted by atomic mass is 10.1. The van der Waals surface area contributed by atoms with E-state index in [2.05, 4.69) is 15.5 Å². The van der Waals surface area contributed by atoms with Crippen LogP contribution in [0.5, 0.6) is 11.5 Å². The number of hydrogen-bond donors (Lipinski definition) is 1. The number of amides is 1. The second kappa shape index (κ2) is 10.4. The van der Waals surface area contributed by atoms with Gasteiger partial charge in [-0.2, -0.15) is 4.98 Å². The molecule has 0 radical (unpaired) electrons. The molecule has 0 fully saturated rings. The smallest absolute Gasteiger partial charge is 0.340 e. The fourth-order valence-corrected chi connectivity index (χ4v) is 3.87. The average molecular weight is 500 g/mol. The third-order valence-corrected chi connectivity index (χ3v) is 5.83. The minimum atomic E-state index is -0.738. The lowest BCUT2D eigenvalue weighted by Gasteiger charge is -2.15. The van der Waals surface area contributed by atoms with Crippen LogP contribution in [0.1, 0.15) is 26.5 Å². The van der Waals surface area contributed by atoms with Crippen molar-refractivity contribution >= 4 is 40.5 Å². The number of halogens is 1. The summed E-state index contributed by atoms with van der Waals surface area (Å²) in [6.07, 6.45) is 0. The number of aromatic nitrogens is 2. The average Bonchev–Trinajstić information content (AvgIpc) is 3.54. The highest BCUT2D eigenvalue weighted by molar-refractivity contribution is 7.13. The van der Waals surface area contributed by atoms with Crippen LogP contribution in [0.2, 0.25) is 5.02 Å². The first-order valence-corrected chi connectivity index (χ1v) is 11.1. The number of carbonyl (C=O) groups is 2. The monoisotopic (exact) mass is 499 g/mol. The van der Waals surface area contributed by atoms with Crippen LogP contribution in [-0.4, -0.2) is 36.2 Å². The summed E-state index contributed by atoms with van der Waals surface area (Å²) < 4.78 is 21.2. The Kier molecular flexibility index (Phi) is 7.09. The van der Waals surface area contributed by atoms with Crippen molar-refractivity contribution in [3.05, 3.63) is 75.9 Å². The third-order valence-electron chi connectivity index (χ3n) is 4.64. The van der Waals surface area contributed by atoms with Gasteiger partial charge in [0, 0.05) is 12.1 Å². The van der Waals surface area contributed by atoms with Gasteiger partial charge in [0.2, 0.25) is 5.82 Å². The van der Waals surface area contributed by atoms with Gasteiger partial charge in [-0.1, -0.05) is 35.0 Å². The number of rotatable bonds is 8. The van der Waals surface area contributed by atoms with Gasteiger partial charge in [-0.05, 0) is 23.6 Å². The highest BCUT2D eigenvalue weighted by atomic mass is 35.5. The SMILES string of the molecule is COc1cc(NC(=O)c2ccccc2Cl)c(C(=O)OCc2noc(-c3cccs3)n2)cc1OC. The van der Waals surface area contributed by atoms with Crippen LogP contribution in [0.4, 0.5) is 5.69 Å². The number of anilines is 1. The lowest BCUT2D eigenvalue weighted by Crippen LogP contribution is -2.17. The molecule has 174 valence electrons. The van der Waals surface area contributed by atoms with E-state index in [1.165, 1.54) is 37.7 Å².